The number of sulfonamides is 1. The van der Waals surface area contributed by atoms with Crippen LogP contribution in [-0.4, -0.2) is 19.5 Å². The van der Waals surface area contributed by atoms with Gasteiger partial charge in [-0.05, 0) is 57.2 Å². The van der Waals surface area contributed by atoms with E-state index in [1.807, 2.05) is 19.1 Å². The van der Waals surface area contributed by atoms with Gasteiger partial charge >= 0.3 is 0 Å². The SMILES string of the molecule is Cc1ccc(S(=O)(=O)NCc2cccnc2OC2CCCC2)c(C)c1. The number of ether oxygens (including phenoxy) is 1. The Hall–Kier alpha value is -1.92. The Balaban J connectivity index is 1.74. The van der Waals surface area contributed by atoms with Gasteiger partial charge in [0.05, 0.1) is 4.90 Å². The second-order valence-corrected chi connectivity index (χ2v) is 8.32. The summed E-state index contributed by atoms with van der Waals surface area (Å²) in [4.78, 5) is 4.59. The second-order valence-electron chi connectivity index (χ2n) is 6.59. The van der Waals surface area contributed by atoms with E-state index in [1.165, 1.54) is 12.8 Å². The molecule has 3 rings (SSSR count). The van der Waals surface area contributed by atoms with Gasteiger partial charge in [0.25, 0.3) is 0 Å². The first kappa shape index (κ1) is 17.9. The van der Waals surface area contributed by atoms with E-state index in [-0.39, 0.29) is 12.6 Å². The van der Waals surface area contributed by atoms with E-state index < -0.39 is 10.0 Å². The molecule has 0 amide bonds. The van der Waals surface area contributed by atoms with E-state index in [9.17, 15) is 8.42 Å². The Morgan fingerprint density at radius 1 is 1.20 bits per heavy atom. The summed E-state index contributed by atoms with van der Waals surface area (Å²) in [7, 11) is -3.58. The summed E-state index contributed by atoms with van der Waals surface area (Å²) in [5.41, 5.74) is 2.53. The zero-order chi connectivity index (χ0) is 17.9. The molecule has 0 bridgehead atoms. The average molecular weight is 360 g/mol. The molecule has 0 unspecified atom stereocenters. The highest BCUT2D eigenvalue weighted by Gasteiger charge is 2.20. The molecule has 0 saturated heterocycles. The van der Waals surface area contributed by atoms with Crippen molar-refractivity contribution >= 4 is 10.0 Å². The summed E-state index contributed by atoms with van der Waals surface area (Å²) in [6.45, 7) is 3.91. The molecule has 0 aliphatic heterocycles. The van der Waals surface area contributed by atoms with Gasteiger partial charge in [-0.2, -0.15) is 0 Å². The minimum Gasteiger partial charge on any atom is -0.474 e. The van der Waals surface area contributed by atoms with Gasteiger partial charge in [0.15, 0.2) is 0 Å². The van der Waals surface area contributed by atoms with Crippen LogP contribution in [0, 0.1) is 13.8 Å². The fraction of sp³-hybridized carbons (Fsp3) is 0.421. The monoisotopic (exact) mass is 360 g/mol. The highest BCUT2D eigenvalue weighted by Crippen LogP contribution is 2.25. The number of pyridine rings is 1. The largest absolute Gasteiger partial charge is 0.474 e. The summed E-state index contributed by atoms with van der Waals surface area (Å²) in [5, 5.41) is 0. The highest BCUT2D eigenvalue weighted by atomic mass is 32.2. The topological polar surface area (TPSA) is 68.3 Å². The number of hydrogen-bond acceptors (Lipinski definition) is 4. The van der Waals surface area contributed by atoms with Gasteiger partial charge in [0.2, 0.25) is 15.9 Å². The van der Waals surface area contributed by atoms with Gasteiger partial charge in [-0.15, -0.1) is 0 Å². The maximum atomic E-state index is 12.6. The van der Waals surface area contributed by atoms with E-state index in [1.54, 1.807) is 31.3 Å². The Morgan fingerprint density at radius 3 is 2.68 bits per heavy atom. The zero-order valence-electron chi connectivity index (χ0n) is 14.7. The third kappa shape index (κ3) is 4.38. The standard InChI is InChI=1S/C19H24N2O3S/c1-14-9-10-18(15(2)12-14)25(22,23)21-13-16-6-5-11-20-19(16)24-17-7-3-4-8-17/h5-6,9-12,17,21H,3-4,7-8,13H2,1-2H3. The Morgan fingerprint density at radius 2 is 1.96 bits per heavy atom. The van der Waals surface area contributed by atoms with Gasteiger partial charge in [-0.3, -0.25) is 0 Å². The fourth-order valence-corrected chi connectivity index (χ4v) is 4.41. The molecule has 0 atom stereocenters. The molecule has 2 aromatic rings. The van der Waals surface area contributed by atoms with Crippen LogP contribution in [0.2, 0.25) is 0 Å². The van der Waals surface area contributed by atoms with E-state index >= 15 is 0 Å². The molecule has 25 heavy (non-hydrogen) atoms. The van der Waals surface area contributed by atoms with Crippen molar-refractivity contribution in [2.75, 3.05) is 0 Å². The number of nitrogens with zero attached hydrogens (tertiary/aromatic N) is 1. The molecule has 1 N–H and O–H groups in total. The fourth-order valence-electron chi connectivity index (χ4n) is 3.18. The van der Waals surface area contributed by atoms with Crippen LogP contribution < -0.4 is 9.46 Å². The van der Waals surface area contributed by atoms with Crippen LogP contribution >= 0.6 is 0 Å². The summed E-state index contributed by atoms with van der Waals surface area (Å²) in [5.74, 6) is 0.526. The molecule has 5 nitrogen and oxygen atoms in total. The lowest BCUT2D eigenvalue weighted by Gasteiger charge is -2.16. The molecule has 0 radical (unpaired) electrons. The first-order chi connectivity index (χ1) is 12.0. The van der Waals surface area contributed by atoms with Gasteiger partial charge < -0.3 is 4.74 Å². The highest BCUT2D eigenvalue weighted by molar-refractivity contribution is 7.89. The summed E-state index contributed by atoms with van der Waals surface area (Å²) >= 11 is 0. The van der Waals surface area contributed by atoms with E-state index in [0.717, 1.165) is 29.5 Å². The van der Waals surface area contributed by atoms with Gasteiger partial charge in [-0.25, -0.2) is 18.1 Å². The molecule has 1 aliphatic rings. The Bertz CT molecular complexity index is 843. The van der Waals surface area contributed by atoms with Crippen molar-refractivity contribution in [1.82, 2.24) is 9.71 Å². The smallest absolute Gasteiger partial charge is 0.241 e. The average Bonchev–Trinajstić information content (AvgIpc) is 3.07. The number of aromatic nitrogens is 1. The molecule has 0 spiro atoms. The summed E-state index contributed by atoms with van der Waals surface area (Å²) < 4.78 is 33.9. The van der Waals surface area contributed by atoms with Crippen LogP contribution in [0.15, 0.2) is 41.4 Å². The molecule has 1 aromatic heterocycles. The Kier molecular flexibility index (Phi) is 5.39. The molecule has 1 aromatic carbocycles. The number of nitrogens with one attached hydrogen (secondary N) is 1. The molecule has 134 valence electrons. The number of benzene rings is 1. The van der Waals surface area contributed by atoms with Crippen molar-refractivity contribution in [1.29, 1.82) is 0 Å². The molecule has 1 aliphatic carbocycles. The lowest BCUT2D eigenvalue weighted by Crippen LogP contribution is -2.25. The van der Waals surface area contributed by atoms with Crippen LogP contribution in [0.5, 0.6) is 5.88 Å². The van der Waals surface area contributed by atoms with Gasteiger partial charge in [0.1, 0.15) is 6.10 Å². The summed E-state index contributed by atoms with van der Waals surface area (Å²) in [6.07, 6.45) is 6.27. The maximum Gasteiger partial charge on any atom is 0.241 e. The number of hydrogen-bond donors (Lipinski definition) is 1. The predicted octanol–water partition coefficient (Wildman–Crippen LogP) is 3.50. The van der Waals surface area contributed by atoms with E-state index in [4.69, 9.17) is 4.74 Å². The normalized spacial score (nSPS) is 15.4. The third-order valence-electron chi connectivity index (χ3n) is 4.50. The van der Waals surface area contributed by atoms with E-state index in [0.29, 0.717) is 10.8 Å². The number of rotatable bonds is 6. The minimum absolute atomic E-state index is 0.158. The van der Waals surface area contributed by atoms with Gasteiger partial charge in [0, 0.05) is 18.3 Å². The third-order valence-corrected chi connectivity index (χ3v) is 6.06. The van der Waals surface area contributed by atoms with Crippen LogP contribution in [0.1, 0.15) is 42.4 Å². The molecular weight excluding hydrogens is 336 g/mol. The molecule has 1 fully saturated rings. The quantitative estimate of drug-likeness (QED) is 0.856. The van der Waals surface area contributed by atoms with E-state index in [2.05, 4.69) is 9.71 Å². The lowest BCUT2D eigenvalue weighted by atomic mass is 10.2. The van der Waals surface area contributed by atoms with Crippen LogP contribution in [-0.2, 0) is 16.6 Å². The lowest BCUT2D eigenvalue weighted by molar-refractivity contribution is 0.199. The first-order valence-corrected chi connectivity index (χ1v) is 10.1. The molecule has 6 heteroatoms. The molecule has 1 heterocycles. The predicted molar refractivity (Wildman–Crippen MR) is 97.1 cm³/mol. The first-order valence-electron chi connectivity index (χ1n) is 8.63. The van der Waals surface area contributed by atoms with Crippen molar-refractivity contribution in [2.45, 2.75) is 57.1 Å². The van der Waals surface area contributed by atoms with Crippen LogP contribution in [0.4, 0.5) is 0 Å². The van der Waals surface area contributed by atoms with Crippen molar-refractivity contribution in [3.8, 4) is 5.88 Å². The summed E-state index contributed by atoms with van der Waals surface area (Å²) in [6, 6.07) is 8.96. The van der Waals surface area contributed by atoms with Crippen molar-refractivity contribution in [3.63, 3.8) is 0 Å². The van der Waals surface area contributed by atoms with Gasteiger partial charge in [-0.1, -0.05) is 23.8 Å². The van der Waals surface area contributed by atoms with Crippen LogP contribution in [0.25, 0.3) is 0 Å². The second kappa shape index (κ2) is 7.54. The minimum atomic E-state index is -3.58. The molecular formula is C19H24N2O3S. The van der Waals surface area contributed by atoms with Crippen molar-refractivity contribution < 1.29 is 13.2 Å². The Labute approximate surface area is 149 Å². The maximum absolute atomic E-state index is 12.6. The molecule has 1 saturated carbocycles. The number of aryl methyl sites for hydroxylation is 2. The van der Waals surface area contributed by atoms with Crippen LogP contribution in [0.3, 0.4) is 0 Å². The van der Waals surface area contributed by atoms with Crippen molar-refractivity contribution in [2.24, 2.45) is 0 Å². The zero-order valence-corrected chi connectivity index (χ0v) is 15.5. The van der Waals surface area contributed by atoms with Crippen molar-refractivity contribution in [3.05, 3.63) is 53.2 Å².